The lowest BCUT2D eigenvalue weighted by molar-refractivity contribution is -0.123. The summed E-state index contributed by atoms with van der Waals surface area (Å²) in [6, 6.07) is -0.653. The molecule has 1 amide bonds. The minimum Gasteiger partial charge on any atom is -0.394 e. The molecule has 2 atom stereocenters. The maximum Gasteiger partial charge on any atom is 0.220 e. The van der Waals surface area contributed by atoms with Crippen molar-refractivity contribution in [1.82, 2.24) is 5.32 Å². The van der Waals surface area contributed by atoms with E-state index >= 15 is 0 Å². The first-order chi connectivity index (χ1) is 19.7. The normalized spacial score (nSPS) is 13.6. The lowest BCUT2D eigenvalue weighted by Crippen LogP contribution is -2.45. The Morgan fingerprint density at radius 3 is 1.50 bits per heavy atom. The van der Waals surface area contributed by atoms with Crippen LogP contribution in [-0.4, -0.2) is 34.9 Å². The Hall–Kier alpha value is -1.39. The molecule has 40 heavy (non-hydrogen) atoms. The van der Waals surface area contributed by atoms with Gasteiger partial charge in [0.25, 0.3) is 0 Å². The number of nitrogens with one attached hydrogen (secondary N) is 1. The van der Waals surface area contributed by atoms with Crippen molar-refractivity contribution in [3.63, 3.8) is 0 Å². The molecular formula is C36H67NO3. The topological polar surface area (TPSA) is 69.6 Å². The van der Waals surface area contributed by atoms with Crippen molar-refractivity contribution in [1.29, 1.82) is 0 Å². The smallest absolute Gasteiger partial charge is 0.220 e. The average molecular weight is 562 g/mol. The highest BCUT2D eigenvalue weighted by molar-refractivity contribution is 5.76. The molecule has 0 heterocycles. The monoisotopic (exact) mass is 562 g/mol. The van der Waals surface area contributed by atoms with E-state index in [1.165, 1.54) is 128 Å². The largest absolute Gasteiger partial charge is 0.394 e. The summed E-state index contributed by atoms with van der Waals surface area (Å²) in [5, 5.41) is 22.7. The summed E-state index contributed by atoms with van der Waals surface area (Å²) in [7, 11) is 0. The summed E-state index contributed by atoms with van der Waals surface area (Å²) in [5.41, 5.74) is 0. The molecule has 3 N–H and O–H groups in total. The Morgan fingerprint density at radius 1 is 0.600 bits per heavy atom. The number of unbranched alkanes of at least 4 members (excludes halogenated alkanes) is 20. The third-order valence-corrected chi connectivity index (χ3v) is 7.65. The van der Waals surface area contributed by atoms with Crippen LogP contribution in [0.15, 0.2) is 36.5 Å². The quantitative estimate of drug-likeness (QED) is 0.0464. The summed E-state index contributed by atoms with van der Waals surface area (Å²) >= 11 is 0. The number of hydrogen-bond acceptors (Lipinski definition) is 3. The number of carbonyl (C=O) groups excluding carboxylic acids is 1. The van der Waals surface area contributed by atoms with Crippen molar-refractivity contribution < 1.29 is 15.0 Å². The summed E-state index contributed by atoms with van der Waals surface area (Å²) in [6.07, 6.45) is 40.9. The molecule has 0 aromatic rings. The van der Waals surface area contributed by atoms with Gasteiger partial charge in [-0.1, -0.05) is 153 Å². The summed E-state index contributed by atoms with van der Waals surface area (Å²) in [4.78, 5) is 12.3. The number of allylic oxidation sites excluding steroid dienone is 5. The van der Waals surface area contributed by atoms with Gasteiger partial charge in [0.2, 0.25) is 5.91 Å². The first-order valence-electron chi connectivity index (χ1n) is 17.2. The molecule has 4 heteroatoms. The zero-order valence-electron chi connectivity index (χ0n) is 26.6. The van der Waals surface area contributed by atoms with E-state index in [4.69, 9.17) is 0 Å². The Morgan fingerprint density at radius 2 is 1.02 bits per heavy atom. The lowest BCUT2D eigenvalue weighted by atomic mass is 10.1. The number of aliphatic hydroxyl groups is 2. The van der Waals surface area contributed by atoms with Gasteiger partial charge in [-0.2, -0.15) is 0 Å². The molecule has 234 valence electrons. The Balaban J connectivity index is 3.68. The zero-order valence-corrected chi connectivity index (χ0v) is 26.6. The highest BCUT2D eigenvalue weighted by atomic mass is 16.3. The third-order valence-electron chi connectivity index (χ3n) is 7.65. The SMILES string of the molecule is CCCCCCCC/C=C\CCCCCCCCCC(=O)N[C@@H](CO)[C@H](O)/C=C/C=C/CCCCCCCCC. The van der Waals surface area contributed by atoms with E-state index in [1.807, 2.05) is 12.2 Å². The number of rotatable bonds is 30. The molecule has 0 spiro atoms. The second-order valence-electron chi connectivity index (χ2n) is 11.6. The maximum atomic E-state index is 12.3. The van der Waals surface area contributed by atoms with Crippen LogP contribution in [0.25, 0.3) is 0 Å². The predicted octanol–water partition coefficient (Wildman–Crippen LogP) is 9.90. The van der Waals surface area contributed by atoms with Gasteiger partial charge in [0.15, 0.2) is 0 Å². The van der Waals surface area contributed by atoms with Crippen LogP contribution in [0.4, 0.5) is 0 Å². The van der Waals surface area contributed by atoms with Gasteiger partial charge < -0.3 is 15.5 Å². The highest BCUT2D eigenvalue weighted by Crippen LogP contribution is 2.12. The molecule has 0 aliphatic heterocycles. The predicted molar refractivity (Wildman–Crippen MR) is 175 cm³/mol. The van der Waals surface area contributed by atoms with Crippen molar-refractivity contribution >= 4 is 5.91 Å². The Kier molecular flexibility index (Phi) is 31.0. The van der Waals surface area contributed by atoms with Gasteiger partial charge in [0.05, 0.1) is 18.8 Å². The van der Waals surface area contributed by atoms with E-state index in [9.17, 15) is 15.0 Å². The molecule has 0 unspecified atom stereocenters. The number of amides is 1. The molecule has 0 saturated heterocycles. The second-order valence-corrected chi connectivity index (χ2v) is 11.6. The zero-order chi connectivity index (χ0) is 29.4. The van der Waals surface area contributed by atoms with Crippen LogP contribution in [-0.2, 0) is 4.79 Å². The molecule has 0 rings (SSSR count). The second kappa shape index (κ2) is 32.1. The first kappa shape index (κ1) is 38.6. The van der Waals surface area contributed by atoms with Crippen LogP contribution in [0.3, 0.4) is 0 Å². The minimum absolute atomic E-state index is 0.0891. The van der Waals surface area contributed by atoms with Crippen LogP contribution < -0.4 is 5.32 Å². The van der Waals surface area contributed by atoms with Crippen LogP contribution >= 0.6 is 0 Å². The van der Waals surface area contributed by atoms with Gasteiger partial charge in [-0.05, 0) is 44.9 Å². The van der Waals surface area contributed by atoms with E-state index < -0.39 is 12.1 Å². The van der Waals surface area contributed by atoms with Crippen molar-refractivity contribution in [3.05, 3.63) is 36.5 Å². The Bertz CT molecular complexity index is 613. The molecule has 0 radical (unpaired) electrons. The fourth-order valence-corrected chi connectivity index (χ4v) is 4.93. The van der Waals surface area contributed by atoms with Crippen molar-refractivity contribution in [2.45, 2.75) is 180 Å². The first-order valence-corrected chi connectivity index (χ1v) is 17.2. The molecule has 0 fully saturated rings. The average Bonchev–Trinajstić information content (AvgIpc) is 2.96. The lowest BCUT2D eigenvalue weighted by Gasteiger charge is -2.19. The van der Waals surface area contributed by atoms with Gasteiger partial charge in [-0.3, -0.25) is 4.79 Å². The van der Waals surface area contributed by atoms with E-state index in [2.05, 4.69) is 37.4 Å². The number of carbonyl (C=O) groups is 1. The van der Waals surface area contributed by atoms with Crippen LogP contribution in [0, 0.1) is 0 Å². The van der Waals surface area contributed by atoms with Gasteiger partial charge in [0, 0.05) is 6.42 Å². The van der Waals surface area contributed by atoms with E-state index in [0.717, 1.165) is 19.3 Å². The van der Waals surface area contributed by atoms with Crippen molar-refractivity contribution in [2.24, 2.45) is 0 Å². The van der Waals surface area contributed by atoms with Crippen LogP contribution in [0.5, 0.6) is 0 Å². The van der Waals surface area contributed by atoms with Gasteiger partial charge in [0.1, 0.15) is 0 Å². The summed E-state index contributed by atoms with van der Waals surface area (Å²) in [5.74, 6) is -0.0891. The minimum atomic E-state index is -0.887. The molecular weight excluding hydrogens is 494 g/mol. The van der Waals surface area contributed by atoms with Crippen molar-refractivity contribution in [2.75, 3.05) is 6.61 Å². The fourth-order valence-electron chi connectivity index (χ4n) is 4.93. The number of aliphatic hydroxyl groups excluding tert-OH is 2. The molecule has 0 aromatic carbocycles. The van der Waals surface area contributed by atoms with E-state index in [0.29, 0.717) is 6.42 Å². The van der Waals surface area contributed by atoms with Crippen LogP contribution in [0.2, 0.25) is 0 Å². The Labute approximate surface area is 249 Å². The van der Waals surface area contributed by atoms with Gasteiger partial charge in [-0.15, -0.1) is 0 Å². The van der Waals surface area contributed by atoms with Gasteiger partial charge >= 0.3 is 0 Å². The maximum absolute atomic E-state index is 12.3. The van der Waals surface area contributed by atoms with Crippen LogP contribution in [0.1, 0.15) is 168 Å². The molecule has 4 nitrogen and oxygen atoms in total. The fraction of sp³-hybridized carbons (Fsp3) is 0.806. The van der Waals surface area contributed by atoms with Gasteiger partial charge in [-0.25, -0.2) is 0 Å². The summed E-state index contributed by atoms with van der Waals surface area (Å²) < 4.78 is 0. The van der Waals surface area contributed by atoms with Crippen molar-refractivity contribution in [3.8, 4) is 0 Å². The molecule has 0 saturated carbocycles. The summed E-state index contributed by atoms with van der Waals surface area (Å²) in [6.45, 7) is 4.24. The highest BCUT2D eigenvalue weighted by Gasteiger charge is 2.17. The molecule has 0 aliphatic rings. The molecule has 0 aliphatic carbocycles. The van der Waals surface area contributed by atoms with E-state index in [-0.39, 0.29) is 12.5 Å². The molecule has 0 bridgehead atoms. The standard InChI is InChI=1S/C36H67NO3/c1-3-5-7-9-11-13-15-16-17-18-19-20-22-24-26-28-30-32-36(40)37-34(33-38)35(39)31-29-27-25-23-21-14-12-10-8-6-4-2/h16-17,25,27,29,31,34-35,38-39H,3-15,18-24,26,28,30,32-33H2,1-2H3,(H,37,40)/b17-16-,27-25+,31-29+/t34-,35+/m0/s1. The third kappa shape index (κ3) is 28.1. The number of hydrogen-bond donors (Lipinski definition) is 3. The van der Waals surface area contributed by atoms with E-state index in [1.54, 1.807) is 6.08 Å². The molecule has 0 aromatic heterocycles.